The Balaban J connectivity index is 2.32. The number of hydrogen-bond donors (Lipinski definition) is 1. The van der Waals surface area contributed by atoms with Gasteiger partial charge in [-0.25, -0.2) is 4.98 Å². The van der Waals surface area contributed by atoms with Crippen LogP contribution in [0.15, 0.2) is 41.2 Å². The topological polar surface area (TPSA) is 80.8 Å². The van der Waals surface area contributed by atoms with Gasteiger partial charge in [0.25, 0.3) is 0 Å². The minimum Gasteiger partial charge on any atom is -0.470 e. The van der Waals surface area contributed by atoms with Gasteiger partial charge in [-0.2, -0.15) is 5.26 Å². The van der Waals surface area contributed by atoms with E-state index < -0.39 is 0 Å². The highest BCUT2D eigenvalue weighted by Gasteiger charge is 2.15. The Kier molecular flexibility index (Phi) is 2.27. The average Bonchev–Trinajstić information content (AvgIpc) is 2.94. The maximum atomic E-state index is 8.94. The number of hydrogen-bond acceptors (Lipinski definition) is 4. The molecule has 2 N–H and O–H groups in total. The number of benzene rings is 1. The van der Waals surface area contributed by atoms with E-state index in [1.807, 2.05) is 28.8 Å². The molecule has 5 heteroatoms. The molecule has 0 fully saturated rings. The number of imidazole rings is 1. The van der Waals surface area contributed by atoms with Crippen LogP contribution < -0.4 is 5.73 Å². The third-order valence-corrected chi connectivity index (χ3v) is 2.82. The minimum absolute atomic E-state index is 0.223. The molecular formula is C13H10N4O. The second-order valence-corrected chi connectivity index (χ2v) is 3.91. The fraction of sp³-hybridized carbons (Fsp3) is 0.0769. The van der Waals surface area contributed by atoms with E-state index in [0.717, 1.165) is 11.0 Å². The van der Waals surface area contributed by atoms with Gasteiger partial charge in [-0.15, -0.1) is 0 Å². The zero-order valence-electron chi connectivity index (χ0n) is 9.50. The molecule has 88 valence electrons. The lowest BCUT2D eigenvalue weighted by Crippen LogP contribution is -1.99. The molecule has 0 bridgehead atoms. The Morgan fingerprint density at radius 2 is 2.17 bits per heavy atom. The zero-order chi connectivity index (χ0) is 12.5. The quantitative estimate of drug-likeness (QED) is 0.743. The minimum atomic E-state index is 0.223. The Morgan fingerprint density at radius 1 is 1.33 bits per heavy atom. The first-order chi connectivity index (χ1) is 8.81. The highest BCUT2D eigenvalue weighted by molar-refractivity contribution is 5.83. The summed E-state index contributed by atoms with van der Waals surface area (Å²) in [6.45, 7) is 0.223. The van der Waals surface area contributed by atoms with Crippen LogP contribution in [0.4, 0.5) is 5.69 Å². The number of rotatable bonds is 2. The van der Waals surface area contributed by atoms with E-state index >= 15 is 0 Å². The summed E-state index contributed by atoms with van der Waals surface area (Å²) in [6, 6.07) is 9.80. The predicted molar refractivity (Wildman–Crippen MR) is 67.5 cm³/mol. The molecule has 3 rings (SSSR count). The molecule has 0 aliphatic heterocycles. The fourth-order valence-corrected chi connectivity index (χ4v) is 2.00. The van der Waals surface area contributed by atoms with Gasteiger partial charge >= 0.3 is 0 Å². The first-order valence-electron chi connectivity index (χ1n) is 5.45. The number of furan rings is 1. The molecule has 0 aliphatic carbocycles. The molecule has 0 atom stereocenters. The molecular weight excluding hydrogens is 228 g/mol. The Morgan fingerprint density at radius 3 is 2.89 bits per heavy atom. The molecule has 2 heterocycles. The molecule has 0 aliphatic rings. The lowest BCUT2D eigenvalue weighted by molar-refractivity contribution is 0.568. The molecule has 5 nitrogen and oxygen atoms in total. The third-order valence-electron chi connectivity index (χ3n) is 2.82. The summed E-state index contributed by atoms with van der Waals surface area (Å²) in [7, 11) is 0. The van der Waals surface area contributed by atoms with Crippen molar-refractivity contribution in [1.29, 1.82) is 5.26 Å². The molecule has 0 unspecified atom stereocenters. The summed E-state index contributed by atoms with van der Waals surface area (Å²) in [5.41, 5.74) is 8.81. The summed E-state index contributed by atoms with van der Waals surface area (Å²) in [4.78, 5) is 4.51. The number of nitrogen functional groups attached to an aromatic ring is 1. The maximum absolute atomic E-state index is 8.94. The number of nitriles is 1. The first kappa shape index (κ1) is 10.4. The van der Waals surface area contributed by atoms with Crippen LogP contribution >= 0.6 is 0 Å². The van der Waals surface area contributed by atoms with Crippen molar-refractivity contribution in [1.82, 2.24) is 9.55 Å². The van der Waals surface area contributed by atoms with Crippen molar-refractivity contribution in [2.75, 3.05) is 5.73 Å². The molecule has 3 aromatic rings. The van der Waals surface area contributed by atoms with Gasteiger partial charge in [0, 0.05) is 0 Å². The number of aromatic nitrogens is 2. The maximum Gasteiger partial charge on any atom is 0.147 e. The van der Waals surface area contributed by atoms with Crippen LogP contribution in [0.1, 0.15) is 0 Å². The van der Waals surface area contributed by atoms with E-state index in [0.29, 0.717) is 17.1 Å². The van der Waals surface area contributed by atoms with Gasteiger partial charge in [0.2, 0.25) is 0 Å². The third kappa shape index (κ3) is 1.44. The van der Waals surface area contributed by atoms with Gasteiger partial charge in [-0.3, -0.25) is 0 Å². The highest BCUT2D eigenvalue weighted by Crippen LogP contribution is 2.29. The summed E-state index contributed by atoms with van der Waals surface area (Å²) in [5, 5.41) is 8.94. The Labute approximate surface area is 103 Å². The van der Waals surface area contributed by atoms with Gasteiger partial charge in [-0.05, 0) is 12.1 Å². The Bertz CT molecular complexity index is 748. The lowest BCUT2D eigenvalue weighted by Gasteiger charge is -2.02. The van der Waals surface area contributed by atoms with Crippen LogP contribution in [0.2, 0.25) is 0 Å². The number of nitrogens with zero attached hydrogens (tertiary/aromatic N) is 3. The Hall–Kier alpha value is -2.74. The van der Waals surface area contributed by atoms with E-state index in [1.54, 1.807) is 6.26 Å². The summed E-state index contributed by atoms with van der Waals surface area (Å²) >= 11 is 0. The predicted octanol–water partition coefficient (Wildman–Crippen LogP) is 2.40. The fourth-order valence-electron chi connectivity index (χ4n) is 2.00. The van der Waals surface area contributed by atoms with Gasteiger partial charge in [0.1, 0.15) is 24.9 Å². The van der Waals surface area contributed by atoms with E-state index in [2.05, 4.69) is 11.1 Å². The monoisotopic (exact) mass is 238 g/mol. The number of para-hydroxylation sites is 2. The highest BCUT2D eigenvalue weighted by atomic mass is 16.3. The molecule has 0 saturated heterocycles. The first-order valence-corrected chi connectivity index (χ1v) is 5.45. The van der Waals surface area contributed by atoms with Gasteiger partial charge in [-0.1, -0.05) is 12.1 Å². The van der Waals surface area contributed by atoms with Crippen molar-refractivity contribution < 1.29 is 4.42 Å². The van der Waals surface area contributed by atoms with Crippen LogP contribution in [0, 0.1) is 11.3 Å². The van der Waals surface area contributed by atoms with Gasteiger partial charge in [0.15, 0.2) is 0 Å². The molecule has 0 radical (unpaired) electrons. The second kappa shape index (κ2) is 3.93. The van der Waals surface area contributed by atoms with Crippen molar-refractivity contribution in [3.63, 3.8) is 0 Å². The zero-order valence-corrected chi connectivity index (χ0v) is 9.50. The second-order valence-electron chi connectivity index (χ2n) is 3.91. The van der Waals surface area contributed by atoms with E-state index in [1.165, 1.54) is 6.26 Å². The lowest BCUT2D eigenvalue weighted by atomic mass is 10.3. The largest absolute Gasteiger partial charge is 0.470 e. The summed E-state index contributed by atoms with van der Waals surface area (Å²) < 4.78 is 6.90. The van der Waals surface area contributed by atoms with Crippen molar-refractivity contribution in [3.8, 4) is 17.5 Å². The normalized spacial score (nSPS) is 10.6. The summed E-state index contributed by atoms with van der Waals surface area (Å²) in [6.07, 6.45) is 3.01. The number of nitrogens with two attached hydrogens (primary N) is 1. The molecule has 0 saturated carbocycles. The number of fused-ring (bicyclic) bond motifs is 1. The SMILES string of the molecule is N#CCn1c(-c2cocc2N)nc2ccccc21. The van der Waals surface area contributed by atoms with Crippen molar-refractivity contribution >= 4 is 16.7 Å². The van der Waals surface area contributed by atoms with Gasteiger partial charge < -0.3 is 14.7 Å². The molecule has 2 aromatic heterocycles. The molecule has 0 spiro atoms. The molecule has 18 heavy (non-hydrogen) atoms. The smallest absolute Gasteiger partial charge is 0.147 e. The average molecular weight is 238 g/mol. The van der Waals surface area contributed by atoms with E-state index in [4.69, 9.17) is 15.4 Å². The van der Waals surface area contributed by atoms with Crippen molar-refractivity contribution in [3.05, 3.63) is 36.8 Å². The molecule has 1 aromatic carbocycles. The number of anilines is 1. The van der Waals surface area contributed by atoms with Crippen LogP contribution in [0.25, 0.3) is 22.4 Å². The standard InChI is InChI=1S/C13H10N4O/c14-5-6-17-12-4-2-1-3-11(12)16-13(17)9-7-18-8-10(9)15/h1-4,7-8H,6,15H2. The van der Waals surface area contributed by atoms with Crippen LogP contribution in [-0.2, 0) is 6.54 Å². The van der Waals surface area contributed by atoms with Crippen molar-refractivity contribution in [2.45, 2.75) is 6.54 Å². The molecule has 0 amide bonds. The van der Waals surface area contributed by atoms with Gasteiger partial charge in [0.05, 0.1) is 28.4 Å². The summed E-state index contributed by atoms with van der Waals surface area (Å²) in [5.74, 6) is 0.656. The van der Waals surface area contributed by atoms with Crippen LogP contribution in [0.5, 0.6) is 0 Å². The van der Waals surface area contributed by atoms with Crippen molar-refractivity contribution in [2.24, 2.45) is 0 Å². The van der Waals surface area contributed by atoms with E-state index in [-0.39, 0.29) is 6.54 Å². The van der Waals surface area contributed by atoms with E-state index in [9.17, 15) is 0 Å². The van der Waals surface area contributed by atoms with Crippen LogP contribution in [-0.4, -0.2) is 9.55 Å². The van der Waals surface area contributed by atoms with Crippen LogP contribution in [0.3, 0.4) is 0 Å².